The summed E-state index contributed by atoms with van der Waals surface area (Å²) >= 11 is 0. The SMILES string of the molecule is CCc1nn(C)cc1C(NN)c1cccc2cccnc12. The summed E-state index contributed by atoms with van der Waals surface area (Å²) in [6.45, 7) is 2.10. The summed E-state index contributed by atoms with van der Waals surface area (Å²) in [7, 11) is 1.93. The van der Waals surface area contributed by atoms with Gasteiger partial charge in [0.1, 0.15) is 0 Å². The predicted octanol–water partition coefficient (Wildman–Crippen LogP) is 2.08. The van der Waals surface area contributed by atoms with Crippen molar-refractivity contribution >= 4 is 10.9 Å². The average molecular weight is 281 g/mol. The molecule has 1 atom stereocenters. The lowest BCUT2D eigenvalue weighted by Crippen LogP contribution is -2.29. The quantitative estimate of drug-likeness (QED) is 0.567. The third kappa shape index (κ3) is 2.41. The minimum Gasteiger partial charge on any atom is -0.275 e. The van der Waals surface area contributed by atoms with Crippen molar-refractivity contribution in [1.82, 2.24) is 20.2 Å². The molecule has 3 rings (SSSR count). The van der Waals surface area contributed by atoms with Crippen LogP contribution in [-0.2, 0) is 13.5 Å². The molecule has 108 valence electrons. The maximum atomic E-state index is 5.85. The Balaban J connectivity index is 2.18. The molecular formula is C16H19N5. The van der Waals surface area contributed by atoms with Gasteiger partial charge in [-0.3, -0.25) is 15.5 Å². The summed E-state index contributed by atoms with van der Waals surface area (Å²) in [6.07, 6.45) is 4.70. The van der Waals surface area contributed by atoms with Crippen molar-refractivity contribution < 1.29 is 0 Å². The largest absolute Gasteiger partial charge is 0.275 e. The first-order chi connectivity index (χ1) is 10.2. The van der Waals surface area contributed by atoms with Gasteiger partial charge in [0, 0.05) is 36.0 Å². The molecule has 0 radical (unpaired) electrons. The van der Waals surface area contributed by atoms with E-state index in [9.17, 15) is 0 Å². The molecule has 0 aliphatic rings. The number of pyridine rings is 1. The van der Waals surface area contributed by atoms with Gasteiger partial charge in [0.25, 0.3) is 0 Å². The van der Waals surface area contributed by atoms with Crippen LogP contribution in [0.3, 0.4) is 0 Å². The van der Waals surface area contributed by atoms with Crippen LogP contribution >= 0.6 is 0 Å². The summed E-state index contributed by atoms with van der Waals surface area (Å²) in [5.74, 6) is 5.85. The molecule has 1 aromatic carbocycles. The number of nitrogens with two attached hydrogens (primary N) is 1. The summed E-state index contributed by atoms with van der Waals surface area (Å²) < 4.78 is 1.83. The zero-order valence-corrected chi connectivity index (χ0v) is 12.2. The minimum atomic E-state index is -0.118. The molecule has 0 spiro atoms. The minimum absolute atomic E-state index is 0.118. The Labute approximate surface area is 123 Å². The van der Waals surface area contributed by atoms with Crippen LogP contribution in [0.4, 0.5) is 0 Å². The molecule has 0 saturated carbocycles. The van der Waals surface area contributed by atoms with Gasteiger partial charge < -0.3 is 0 Å². The van der Waals surface area contributed by atoms with E-state index in [4.69, 9.17) is 5.84 Å². The number of nitrogens with zero attached hydrogens (tertiary/aromatic N) is 3. The van der Waals surface area contributed by atoms with Crippen LogP contribution in [0.1, 0.15) is 29.8 Å². The topological polar surface area (TPSA) is 68.8 Å². The highest BCUT2D eigenvalue weighted by Crippen LogP contribution is 2.28. The third-order valence-electron chi connectivity index (χ3n) is 3.73. The van der Waals surface area contributed by atoms with Gasteiger partial charge in [-0.25, -0.2) is 5.43 Å². The first-order valence-electron chi connectivity index (χ1n) is 7.06. The fourth-order valence-corrected chi connectivity index (χ4v) is 2.78. The first kappa shape index (κ1) is 13.7. The fourth-order valence-electron chi connectivity index (χ4n) is 2.78. The molecule has 0 saturated heterocycles. The van der Waals surface area contributed by atoms with Crippen LogP contribution in [0.5, 0.6) is 0 Å². The fraction of sp³-hybridized carbons (Fsp3) is 0.250. The molecule has 0 bridgehead atoms. The van der Waals surface area contributed by atoms with E-state index in [-0.39, 0.29) is 6.04 Å². The second-order valence-corrected chi connectivity index (χ2v) is 5.08. The van der Waals surface area contributed by atoms with E-state index in [1.54, 1.807) is 0 Å². The molecular weight excluding hydrogens is 262 g/mol. The van der Waals surface area contributed by atoms with Crippen LogP contribution < -0.4 is 11.3 Å². The number of hydrogen-bond donors (Lipinski definition) is 2. The Kier molecular flexibility index (Phi) is 3.68. The van der Waals surface area contributed by atoms with Gasteiger partial charge in [-0.2, -0.15) is 5.10 Å². The standard InChI is InChI=1S/C16H19N5/c1-3-14-13(10-21(2)20-14)16(19-17)12-8-4-6-11-7-5-9-18-15(11)12/h4-10,16,19H,3,17H2,1-2H3. The molecule has 5 nitrogen and oxygen atoms in total. The molecule has 21 heavy (non-hydrogen) atoms. The second kappa shape index (κ2) is 5.63. The van der Waals surface area contributed by atoms with Crippen molar-refractivity contribution in [3.05, 3.63) is 59.5 Å². The Hall–Kier alpha value is -2.24. The maximum absolute atomic E-state index is 5.85. The van der Waals surface area contributed by atoms with Gasteiger partial charge in [0.15, 0.2) is 0 Å². The zero-order chi connectivity index (χ0) is 14.8. The van der Waals surface area contributed by atoms with Crippen LogP contribution in [0.15, 0.2) is 42.7 Å². The molecule has 0 aliphatic heterocycles. The van der Waals surface area contributed by atoms with E-state index < -0.39 is 0 Å². The molecule has 2 aromatic heterocycles. The molecule has 0 amide bonds. The van der Waals surface area contributed by atoms with Crippen molar-refractivity contribution in [2.75, 3.05) is 0 Å². The first-order valence-corrected chi connectivity index (χ1v) is 7.06. The number of aryl methyl sites for hydroxylation is 2. The molecule has 2 heterocycles. The van der Waals surface area contributed by atoms with Crippen LogP contribution in [-0.4, -0.2) is 14.8 Å². The summed E-state index contributed by atoms with van der Waals surface area (Å²) in [5.41, 5.74) is 7.10. The normalized spacial score (nSPS) is 12.7. The smallest absolute Gasteiger partial charge is 0.0764 e. The van der Waals surface area contributed by atoms with E-state index in [1.165, 1.54) is 0 Å². The number of hydrazine groups is 1. The number of aromatic nitrogens is 3. The highest BCUT2D eigenvalue weighted by atomic mass is 15.3. The number of hydrogen-bond acceptors (Lipinski definition) is 4. The van der Waals surface area contributed by atoms with E-state index in [2.05, 4.69) is 40.6 Å². The molecule has 0 aliphatic carbocycles. The third-order valence-corrected chi connectivity index (χ3v) is 3.73. The van der Waals surface area contributed by atoms with Crippen molar-refractivity contribution in [3.63, 3.8) is 0 Å². The number of benzene rings is 1. The maximum Gasteiger partial charge on any atom is 0.0764 e. The van der Waals surface area contributed by atoms with Crippen molar-refractivity contribution in [3.8, 4) is 0 Å². The molecule has 3 aromatic rings. The van der Waals surface area contributed by atoms with Gasteiger partial charge in [0.2, 0.25) is 0 Å². The van der Waals surface area contributed by atoms with Gasteiger partial charge >= 0.3 is 0 Å². The van der Waals surface area contributed by atoms with Gasteiger partial charge in [-0.15, -0.1) is 0 Å². The van der Waals surface area contributed by atoms with E-state index in [1.807, 2.05) is 36.3 Å². The lowest BCUT2D eigenvalue weighted by molar-refractivity contribution is 0.634. The molecule has 5 heteroatoms. The number of para-hydroxylation sites is 1. The van der Waals surface area contributed by atoms with E-state index in [0.717, 1.165) is 34.1 Å². The Bertz CT molecular complexity index is 757. The number of rotatable bonds is 4. The molecule has 0 fully saturated rings. The molecule has 1 unspecified atom stereocenters. The highest BCUT2D eigenvalue weighted by Gasteiger charge is 2.20. The monoisotopic (exact) mass is 281 g/mol. The van der Waals surface area contributed by atoms with Crippen molar-refractivity contribution in [1.29, 1.82) is 0 Å². The lowest BCUT2D eigenvalue weighted by atomic mass is 9.96. The van der Waals surface area contributed by atoms with E-state index in [0.29, 0.717) is 0 Å². The Morgan fingerprint density at radius 2 is 2.05 bits per heavy atom. The summed E-state index contributed by atoms with van der Waals surface area (Å²) in [4.78, 5) is 4.52. The highest BCUT2D eigenvalue weighted by molar-refractivity contribution is 5.82. The zero-order valence-electron chi connectivity index (χ0n) is 12.2. The van der Waals surface area contributed by atoms with E-state index >= 15 is 0 Å². The van der Waals surface area contributed by atoms with Crippen molar-refractivity contribution in [2.24, 2.45) is 12.9 Å². The lowest BCUT2D eigenvalue weighted by Gasteiger charge is -2.17. The van der Waals surface area contributed by atoms with Gasteiger partial charge in [-0.1, -0.05) is 31.2 Å². The predicted molar refractivity (Wildman–Crippen MR) is 83.5 cm³/mol. The second-order valence-electron chi connectivity index (χ2n) is 5.08. The van der Waals surface area contributed by atoms with Crippen LogP contribution in [0, 0.1) is 0 Å². The van der Waals surface area contributed by atoms with Gasteiger partial charge in [-0.05, 0) is 12.5 Å². The summed E-state index contributed by atoms with van der Waals surface area (Å²) in [6, 6.07) is 10.0. The Morgan fingerprint density at radius 1 is 1.24 bits per heavy atom. The molecule has 3 N–H and O–H groups in total. The summed E-state index contributed by atoms with van der Waals surface area (Å²) in [5, 5.41) is 5.61. The van der Waals surface area contributed by atoms with Crippen LogP contribution in [0.2, 0.25) is 0 Å². The van der Waals surface area contributed by atoms with Crippen molar-refractivity contribution in [2.45, 2.75) is 19.4 Å². The average Bonchev–Trinajstić information content (AvgIpc) is 2.89. The number of fused-ring (bicyclic) bond motifs is 1. The Morgan fingerprint density at radius 3 is 2.81 bits per heavy atom. The van der Waals surface area contributed by atoms with Gasteiger partial charge in [0.05, 0.1) is 17.3 Å². The van der Waals surface area contributed by atoms with Crippen LogP contribution in [0.25, 0.3) is 10.9 Å². The number of nitrogens with one attached hydrogen (secondary N) is 1.